The zero-order chi connectivity index (χ0) is 26.6. The molecule has 1 aromatic carbocycles. The number of methoxy groups -OCH3 is 1. The van der Waals surface area contributed by atoms with Gasteiger partial charge in [0.25, 0.3) is 11.8 Å². The fourth-order valence-electron chi connectivity index (χ4n) is 5.28. The SMILES string of the molecule is CNC(=O)c1n[nH]c2cc(-c3cnc(OC)c(C(=O)NC4CCCC(C(=O)N5CCOCC5)C4)c3)ccc12. The number of benzene rings is 1. The molecule has 11 heteroatoms. The molecular weight excluding hydrogens is 488 g/mol. The maximum absolute atomic E-state index is 13.4. The Morgan fingerprint density at radius 3 is 2.68 bits per heavy atom. The van der Waals surface area contributed by atoms with Crippen molar-refractivity contribution in [3.63, 3.8) is 0 Å². The Morgan fingerprint density at radius 1 is 1.11 bits per heavy atom. The summed E-state index contributed by atoms with van der Waals surface area (Å²) in [5.74, 6) is -0.273. The maximum atomic E-state index is 13.4. The Hall–Kier alpha value is -3.99. The molecule has 38 heavy (non-hydrogen) atoms. The van der Waals surface area contributed by atoms with Gasteiger partial charge >= 0.3 is 0 Å². The molecule has 0 bridgehead atoms. The highest BCUT2D eigenvalue weighted by atomic mass is 16.5. The summed E-state index contributed by atoms with van der Waals surface area (Å²) in [7, 11) is 3.04. The van der Waals surface area contributed by atoms with Crippen LogP contribution >= 0.6 is 0 Å². The lowest BCUT2D eigenvalue weighted by Gasteiger charge is -2.34. The van der Waals surface area contributed by atoms with Crippen LogP contribution in [0.2, 0.25) is 0 Å². The van der Waals surface area contributed by atoms with Crippen molar-refractivity contribution < 1.29 is 23.9 Å². The normalized spacial score (nSPS) is 19.7. The van der Waals surface area contributed by atoms with E-state index in [1.165, 1.54) is 7.11 Å². The molecule has 1 aliphatic heterocycles. The van der Waals surface area contributed by atoms with Crippen molar-refractivity contribution in [2.75, 3.05) is 40.5 Å². The molecule has 5 rings (SSSR count). The molecule has 0 spiro atoms. The molecule has 3 aromatic rings. The summed E-state index contributed by atoms with van der Waals surface area (Å²) in [6.45, 7) is 2.40. The van der Waals surface area contributed by atoms with Crippen LogP contribution in [-0.2, 0) is 9.53 Å². The number of hydrogen-bond acceptors (Lipinski definition) is 7. The van der Waals surface area contributed by atoms with E-state index in [2.05, 4.69) is 25.8 Å². The molecule has 2 unspecified atom stereocenters. The van der Waals surface area contributed by atoms with E-state index in [1.54, 1.807) is 19.3 Å². The monoisotopic (exact) mass is 520 g/mol. The first-order valence-electron chi connectivity index (χ1n) is 12.9. The van der Waals surface area contributed by atoms with Crippen molar-refractivity contribution in [3.05, 3.63) is 41.7 Å². The topological polar surface area (TPSA) is 139 Å². The lowest BCUT2D eigenvalue weighted by Crippen LogP contribution is -2.47. The predicted molar refractivity (Wildman–Crippen MR) is 140 cm³/mol. The number of rotatable bonds is 6. The minimum absolute atomic E-state index is 0.0979. The van der Waals surface area contributed by atoms with E-state index in [-0.39, 0.29) is 35.6 Å². The second-order valence-corrected chi connectivity index (χ2v) is 9.66. The zero-order valence-electron chi connectivity index (χ0n) is 21.6. The summed E-state index contributed by atoms with van der Waals surface area (Å²) in [5, 5.41) is 13.4. The third kappa shape index (κ3) is 5.19. The number of carbonyl (C=O) groups is 3. The molecule has 3 heterocycles. The number of aromatic amines is 1. The molecule has 2 fully saturated rings. The lowest BCUT2D eigenvalue weighted by atomic mass is 9.84. The van der Waals surface area contributed by atoms with Crippen LogP contribution in [0.25, 0.3) is 22.0 Å². The number of hydrogen-bond donors (Lipinski definition) is 3. The largest absolute Gasteiger partial charge is 0.480 e. The van der Waals surface area contributed by atoms with Crippen molar-refractivity contribution >= 4 is 28.6 Å². The summed E-state index contributed by atoms with van der Waals surface area (Å²) in [4.78, 5) is 44.7. The van der Waals surface area contributed by atoms with Gasteiger partial charge in [0.15, 0.2) is 5.69 Å². The number of aromatic nitrogens is 3. The van der Waals surface area contributed by atoms with E-state index in [4.69, 9.17) is 9.47 Å². The van der Waals surface area contributed by atoms with Crippen LogP contribution in [0.1, 0.15) is 46.5 Å². The summed E-state index contributed by atoms with van der Waals surface area (Å²) < 4.78 is 10.8. The van der Waals surface area contributed by atoms with E-state index in [9.17, 15) is 14.4 Å². The van der Waals surface area contributed by atoms with Gasteiger partial charge in [0.1, 0.15) is 5.56 Å². The summed E-state index contributed by atoms with van der Waals surface area (Å²) >= 11 is 0. The second kappa shape index (κ2) is 11.2. The molecule has 3 amide bonds. The van der Waals surface area contributed by atoms with Crippen molar-refractivity contribution in [1.82, 2.24) is 30.7 Å². The van der Waals surface area contributed by atoms with E-state index in [1.807, 2.05) is 23.1 Å². The van der Waals surface area contributed by atoms with Gasteiger partial charge in [-0.2, -0.15) is 5.10 Å². The van der Waals surface area contributed by atoms with Gasteiger partial charge in [0.05, 0.1) is 25.8 Å². The van der Waals surface area contributed by atoms with Gasteiger partial charge in [-0.25, -0.2) is 4.98 Å². The number of nitrogens with zero attached hydrogens (tertiary/aromatic N) is 3. The highest BCUT2D eigenvalue weighted by Crippen LogP contribution is 2.30. The van der Waals surface area contributed by atoms with Crippen LogP contribution in [0, 0.1) is 5.92 Å². The minimum atomic E-state index is -0.287. The van der Waals surface area contributed by atoms with Gasteiger partial charge in [0.2, 0.25) is 11.8 Å². The van der Waals surface area contributed by atoms with Gasteiger partial charge in [-0.15, -0.1) is 0 Å². The van der Waals surface area contributed by atoms with Gasteiger partial charge in [-0.1, -0.05) is 12.5 Å². The van der Waals surface area contributed by atoms with Gasteiger partial charge in [-0.05, 0) is 43.0 Å². The molecule has 1 saturated heterocycles. The highest BCUT2D eigenvalue weighted by molar-refractivity contribution is 6.05. The van der Waals surface area contributed by atoms with E-state index < -0.39 is 0 Å². The third-order valence-electron chi connectivity index (χ3n) is 7.31. The number of morpholine rings is 1. The zero-order valence-corrected chi connectivity index (χ0v) is 21.6. The minimum Gasteiger partial charge on any atom is -0.480 e. The molecule has 2 aromatic heterocycles. The molecule has 2 aliphatic rings. The average Bonchev–Trinajstić information content (AvgIpc) is 3.40. The van der Waals surface area contributed by atoms with E-state index >= 15 is 0 Å². The number of carbonyl (C=O) groups excluding carboxylic acids is 3. The van der Waals surface area contributed by atoms with Crippen LogP contribution in [-0.4, -0.2) is 84.3 Å². The van der Waals surface area contributed by atoms with Crippen LogP contribution in [0.5, 0.6) is 5.88 Å². The number of H-pyrrole nitrogens is 1. The summed E-state index contributed by atoms with van der Waals surface area (Å²) in [5.41, 5.74) is 2.86. The van der Waals surface area contributed by atoms with E-state index in [0.717, 1.165) is 30.4 Å². The maximum Gasteiger partial charge on any atom is 0.272 e. The molecule has 1 saturated carbocycles. The van der Waals surface area contributed by atoms with Crippen LogP contribution < -0.4 is 15.4 Å². The Morgan fingerprint density at radius 2 is 1.92 bits per heavy atom. The molecule has 11 nitrogen and oxygen atoms in total. The van der Waals surface area contributed by atoms with Crippen LogP contribution in [0.15, 0.2) is 30.5 Å². The number of pyridine rings is 1. The number of nitrogens with one attached hydrogen (secondary N) is 3. The Labute approximate surface area is 220 Å². The molecule has 200 valence electrons. The first-order chi connectivity index (χ1) is 18.5. The highest BCUT2D eigenvalue weighted by Gasteiger charge is 2.32. The summed E-state index contributed by atoms with van der Waals surface area (Å²) in [6.07, 6.45) is 4.79. The fourth-order valence-corrected chi connectivity index (χ4v) is 5.28. The molecule has 0 radical (unpaired) electrons. The Bertz CT molecular complexity index is 1350. The Balaban J connectivity index is 1.33. The first-order valence-corrected chi connectivity index (χ1v) is 12.9. The van der Waals surface area contributed by atoms with Gasteiger partial charge in [-0.3, -0.25) is 19.5 Å². The second-order valence-electron chi connectivity index (χ2n) is 9.66. The third-order valence-corrected chi connectivity index (χ3v) is 7.31. The van der Waals surface area contributed by atoms with Crippen molar-refractivity contribution in [2.45, 2.75) is 31.7 Å². The number of ether oxygens (including phenoxy) is 2. The first kappa shape index (κ1) is 25.7. The standard InChI is InChI=1S/C27H32N6O5/c1-28-25(35)23-20-7-6-16(14-22(20)31-32-23)18-13-21(26(37-2)29-15-18)24(34)30-19-5-3-4-17(12-19)27(36)33-8-10-38-11-9-33/h6-7,13-15,17,19H,3-5,8-12H2,1-2H3,(H,28,35)(H,30,34)(H,31,32). The van der Waals surface area contributed by atoms with Crippen molar-refractivity contribution in [3.8, 4) is 17.0 Å². The van der Waals surface area contributed by atoms with Gasteiger partial charge < -0.3 is 25.0 Å². The predicted octanol–water partition coefficient (Wildman–Crippen LogP) is 2.14. The van der Waals surface area contributed by atoms with Gasteiger partial charge in [0, 0.05) is 49.2 Å². The van der Waals surface area contributed by atoms with Crippen molar-refractivity contribution in [2.24, 2.45) is 5.92 Å². The average molecular weight is 521 g/mol. The quantitative estimate of drug-likeness (QED) is 0.453. The smallest absolute Gasteiger partial charge is 0.272 e. The molecule has 1 aliphatic carbocycles. The van der Waals surface area contributed by atoms with Crippen LogP contribution in [0.4, 0.5) is 0 Å². The molecule has 3 N–H and O–H groups in total. The number of amides is 3. The Kier molecular flexibility index (Phi) is 7.54. The lowest BCUT2D eigenvalue weighted by molar-refractivity contribution is -0.140. The number of fused-ring (bicyclic) bond motifs is 1. The van der Waals surface area contributed by atoms with E-state index in [0.29, 0.717) is 54.9 Å². The fraction of sp³-hybridized carbons (Fsp3) is 0.444. The summed E-state index contributed by atoms with van der Waals surface area (Å²) in [6, 6.07) is 7.18. The van der Waals surface area contributed by atoms with Crippen molar-refractivity contribution in [1.29, 1.82) is 0 Å². The molecule has 2 atom stereocenters. The molecular formula is C27H32N6O5. The van der Waals surface area contributed by atoms with Crippen LogP contribution in [0.3, 0.4) is 0 Å².